The summed E-state index contributed by atoms with van der Waals surface area (Å²) in [5, 5.41) is 6.48. The predicted octanol–water partition coefficient (Wildman–Crippen LogP) is 1.41. The fourth-order valence-corrected chi connectivity index (χ4v) is 2.68. The molecule has 0 unspecified atom stereocenters. The van der Waals surface area contributed by atoms with Crippen LogP contribution in [-0.4, -0.2) is 18.6 Å². The molecule has 0 aliphatic heterocycles. The number of H-pyrrole nitrogens is 1. The molecule has 2 rings (SSSR count). The molecule has 0 aliphatic rings. The van der Waals surface area contributed by atoms with Crippen molar-refractivity contribution in [2.24, 2.45) is 0 Å². The first-order chi connectivity index (χ1) is 8.38. The molecule has 96 valence electrons. The average Bonchev–Trinajstić information content (AvgIpc) is 2.62. The van der Waals surface area contributed by atoms with Crippen molar-refractivity contribution in [2.45, 2.75) is 18.7 Å². The van der Waals surface area contributed by atoms with Crippen LogP contribution in [0.2, 0.25) is 0 Å². The molecule has 0 aliphatic carbocycles. The van der Waals surface area contributed by atoms with Gasteiger partial charge in [-0.05, 0) is 31.5 Å². The molecule has 0 fully saturated rings. The lowest BCUT2D eigenvalue weighted by atomic mass is 10.2. The van der Waals surface area contributed by atoms with Gasteiger partial charge in [0.15, 0.2) is 5.82 Å². The molecule has 1 aromatic carbocycles. The normalized spacial score (nSPS) is 11.4. The number of nitrogen functional groups attached to an aromatic ring is 1. The van der Waals surface area contributed by atoms with Crippen LogP contribution in [0.15, 0.2) is 29.2 Å². The van der Waals surface area contributed by atoms with E-state index >= 15 is 0 Å². The summed E-state index contributed by atoms with van der Waals surface area (Å²) < 4.78 is 26.6. The van der Waals surface area contributed by atoms with Gasteiger partial charge >= 0.3 is 0 Å². The van der Waals surface area contributed by atoms with Gasteiger partial charge in [-0.1, -0.05) is 6.07 Å². The minimum atomic E-state index is -3.70. The van der Waals surface area contributed by atoms with Crippen molar-refractivity contribution in [3.8, 4) is 0 Å². The lowest BCUT2D eigenvalue weighted by Crippen LogP contribution is -2.15. The van der Waals surface area contributed by atoms with Crippen LogP contribution in [0.4, 0.5) is 11.5 Å². The number of benzene rings is 1. The second-order valence-corrected chi connectivity index (χ2v) is 5.73. The van der Waals surface area contributed by atoms with Crippen LogP contribution in [0, 0.1) is 13.8 Å². The summed E-state index contributed by atoms with van der Waals surface area (Å²) in [6.45, 7) is 3.63. The van der Waals surface area contributed by atoms with E-state index in [0.717, 1.165) is 11.3 Å². The Kier molecular flexibility index (Phi) is 3.00. The molecule has 0 saturated carbocycles. The Labute approximate surface area is 105 Å². The van der Waals surface area contributed by atoms with Gasteiger partial charge in [-0.2, -0.15) is 5.10 Å². The minimum Gasteiger partial charge on any atom is -0.398 e. The number of aromatic amines is 1. The molecule has 2 aromatic rings. The van der Waals surface area contributed by atoms with E-state index in [1.54, 1.807) is 25.1 Å². The summed E-state index contributed by atoms with van der Waals surface area (Å²) in [4.78, 5) is 0.0498. The molecule has 18 heavy (non-hydrogen) atoms. The number of aryl methyl sites for hydroxylation is 2. The van der Waals surface area contributed by atoms with E-state index < -0.39 is 10.0 Å². The lowest BCUT2D eigenvalue weighted by Gasteiger charge is -2.08. The van der Waals surface area contributed by atoms with Gasteiger partial charge in [0, 0.05) is 11.8 Å². The molecule has 4 N–H and O–H groups in total. The Morgan fingerprint density at radius 1 is 1.28 bits per heavy atom. The van der Waals surface area contributed by atoms with Crippen LogP contribution in [0.5, 0.6) is 0 Å². The number of rotatable bonds is 3. The quantitative estimate of drug-likeness (QED) is 0.731. The van der Waals surface area contributed by atoms with Gasteiger partial charge in [0.05, 0.1) is 5.69 Å². The number of aromatic nitrogens is 2. The molecule has 0 spiro atoms. The fraction of sp³-hybridized carbons (Fsp3) is 0.182. The standard InChI is InChI=1S/C11H14N4O2S/c1-7-3-4-10(9(12)5-7)18(16,17)15-11-6-8(2)13-14-11/h3-6H,12H2,1-2H3,(H2,13,14,15). The molecule has 6 nitrogen and oxygen atoms in total. The maximum Gasteiger partial charge on any atom is 0.265 e. The fourth-order valence-electron chi connectivity index (χ4n) is 1.58. The molecule has 0 amide bonds. The summed E-state index contributed by atoms with van der Waals surface area (Å²) in [6, 6.07) is 6.39. The Bertz CT molecular complexity index is 676. The van der Waals surface area contributed by atoms with Crippen molar-refractivity contribution >= 4 is 21.5 Å². The van der Waals surface area contributed by atoms with Crippen molar-refractivity contribution in [2.75, 3.05) is 10.5 Å². The van der Waals surface area contributed by atoms with E-state index in [2.05, 4.69) is 14.9 Å². The van der Waals surface area contributed by atoms with Crippen molar-refractivity contribution in [1.29, 1.82) is 0 Å². The second-order valence-electron chi connectivity index (χ2n) is 4.08. The Morgan fingerprint density at radius 3 is 2.56 bits per heavy atom. The third-order valence-electron chi connectivity index (χ3n) is 2.40. The topological polar surface area (TPSA) is 101 Å². The molecule has 0 atom stereocenters. The molecule has 1 aromatic heterocycles. The molecule has 7 heteroatoms. The van der Waals surface area contributed by atoms with Crippen molar-refractivity contribution in [3.05, 3.63) is 35.5 Å². The van der Waals surface area contributed by atoms with Gasteiger partial charge in [-0.3, -0.25) is 9.82 Å². The molecule has 0 radical (unpaired) electrons. The third-order valence-corrected chi connectivity index (χ3v) is 3.83. The van der Waals surface area contributed by atoms with Gasteiger partial charge in [0.2, 0.25) is 0 Å². The highest BCUT2D eigenvalue weighted by atomic mass is 32.2. The van der Waals surface area contributed by atoms with E-state index in [1.807, 2.05) is 6.92 Å². The van der Waals surface area contributed by atoms with Crippen molar-refractivity contribution < 1.29 is 8.42 Å². The molecular weight excluding hydrogens is 252 g/mol. The summed E-state index contributed by atoms with van der Waals surface area (Å²) in [5.41, 5.74) is 7.61. The van der Waals surface area contributed by atoms with Crippen LogP contribution in [0.25, 0.3) is 0 Å². The van der Waals surface area contributed by atoms with Gasteiger partial charge < -0.3 is 5.73 Å². The molecular formula is C11H14N4O2S. The van der Waals surface area contributed by atoms with Gasteiger partial charge in [-0.25, -0.2) is 8.42 Å². The maximum absolute atomic E-state index is 12.1. The summed E-state index contributed by atoms with van der Waals surface area (Å²) >= 11 is 0. The molecule has 0 saturated heterocycles. The Hall–Kier alpha value is -2.02. The SMILES string of the molecule is Cc1ccc(S(=O)(=O)Nc2cc(C)[nH]n2)c(N)c1. The molecule has 1 heterocycles. The van der Waals surface area contributed by atoms with E-state index in [4.69, 9.17) is 5.73 Å². The van der Waals surface area contributed by atoms with E-state index in [-0.39, 0.29) is 16.4 Å². The zero-order valence-electron chi connectivity index (χ0n) is 10.1. The van der Waals surface area contributed by atoms with Gasteiger partial charge in [0.25, 0.3) is 10.0 Å². The first-order valence-corrected chi connectivity index (χ1v) is 6.78. The number of sulfonamides is 1. The average molecular weight is 266 g/mol. The van der Waals surface area contributed by atoms with Crippen LogP contribution in [0.1, 0.15) is 11.3 Å². The summed E-state index contributed by atoms with van der Waals surface area (Å²) in [6.07, 6.45) is 0. The van der Waals surface area contributed by atoms with E-state index in [1.165, 1.54) is 6.07 Å². The minimum absolute atomic E-state index is 0.0498. The van der Waals surface area contributed by atoms with Crippen LogP contribution >= 0.6 is 0 Å². The van der Waals surface area contributed by atoms with Crippen LogP contribution in [-0.2, 0) is 10.0 Å². The number of nitrogens with zero attached hydrogens (tertiary/aromatic N) is 1. The highest BCUT2D eigenvalue weighted by Gasteiger charge is 2.18. The second kappa shape index (κ2) is 4.34. The number of hydrogen-bond donors (Lipinski definition) is 3. The summed E-state index contributed by atoms with van der Waals surface area (Å²) in [5.74, 6) is 0.243. The third kappa shape index (κ3) is 2.45. The van der Waals surface area contributed by atoms with Crippen molar-refractivity contribution in [3.63, 3.8) is 0 Å². The van der Waals surface area contributed by atoms with E-state index in [0.29, 0.717) is 0 Å². The Balaban J connectivity index is 2.36. The zero-order valence-corrected chi connectivity index (χ0v) is 10.9. The summed E-state index contributed by atoms with van der Waals surface area (Å²) in [7, 11) is -3.70. The Morgan fingerprint density at radius 2 is 2.00 bits per heavy atom. The van der Waals surface area contributed by atoms with Crippen molar-refractivity contribution in [1.82, 2.24) is 10.2 Å². The maximum atomic E-state index is 12.1. The largest absolute Gasteiger partial charge is 0.398 e. The molecule has 0 bridgehead atoms. The monoisotopic (exact) mass is 266 g/mol. The zero-order chi connectivity index (χ0) is 13.3. The number of nitrogens with two attached hydrogens (primary N) is 1. The smallest absolute Gasteiger partial charge is 0.265 e. The number of anilines is 2. The van der Waals surface area contributed by atoms with Crippen LogP contribution in [0.3, 0.4) is 0 Å². The van der Waals surface area contributed by atoms with E-state index in [9.17, 15) is 8.42 Å². The first-order valence-electron chi connectivity index (χ1n) is 5.29. The number of hydrogen-bond acceptors (Lipinski definition) is 4. The highest BCUT2D eigenvalue weighted by Crippen LogP contribution is 2.21. The van der Waals surface area contributed by atoms with Gasteiger partial charge in [-0.15, -0.1) is 0 Å². The van der Waals surface area contributed by atoms with Gasteiger partial charge in [0.1, 0.15) is 4.90 Å². The number of nitrogens with one attached hydrogen (secondary N) is 2. The predicted molar refractivity (Wildman–Crippen MR) is 69.7 cm³/mol. The lowest BCUT2D eigenvalue weighted by molar-refractivity contribution is 0.601. The first kappa shape index (κ1) is 12.4. The highest BCUT2D eigenvalue weighted by molar-refractivity contribution is 7.92. The van der Waals surface area contributed by atoms with Crippen LogP contribution < -0.4 is 10.5 Å².